The Balaban J connectivity index is 2.19. The number of rotatable bonds is 0. The van der Waals surface area contributed by atoms with Gasteiger partial charge in [0.25, 0.3) is 0 Å². The second-order valence-corrected chi connectivity index (χ2v) is 2.37. The fourth-order valence-electron chi connectivity index (χ4n) is 0.919. The first-order valence-electron chi connectivity index (χ1n) is 3.04. The van der Waals surface area contributed by atoms with E-state index in [1.54, 1.807) is 0 Å². The molecule has 0 aliphatic carbocycles. The molecule has 0 spiro atoms. The Morgan fingerprint density at radius 3 is 2.12 bits per heavy atom. The molecule has 0 aromatic heterocycles. The zero-order valence-corrected chi connectivity index (χ0v) is 5.01. The highest BCUT2D eigenvalue weighted by Gasteiger charge is 2.11. The maximum Gasteiger partial charge on any atom is 0.0143 e. The van der Waals surface area contributed by atoms with E-state index in [2.05, 4.69) is 0 Å². The van der Waals surface area contributed by atoms with Gasteiger partial charge in [0.2, 0.25) is 0 Å². The van der Waals surface area contributed by atoms with Gasteiger partial charge in [0, 0.05) is 19.1 Å². The first kappa shape index (κ1) is 6.01. The van der Waals surface area contributed by atoms with Crippen molar-refractivity contribution in [3.8, 4) is 0 Å². The summed E-state index contributed by atoms with van der Waals surface area (Å²) in [6.45, 7) is 1.92. The fraction of sp³-hybridized carbons (Fsp3) is 1.00. The lowest BCUT2D eigenvalue weighted by Crippen LogP contribution is -2.43. The molecule has 8 heavy (non-hydrogen) atoms. The van der Waals surface area contributed by atoms with E-state index in [1.165, 1.54) is 0 Å². The maximum absolute atomic E-state index is 5.61. The lowest BCUT2D eigenvalue weighted by atomic mass is 10.1. The topological polar surface area (TPSA) is 55.3 Å². The van der Waals surface area contributed by atoms with Crippen molar-refractivity contribution in [1.82, 2.24) is 5.01 Å². The Labute approximate surface area is 49.6 Å². The van der Waals surface area contributed by atoms with Gasteiger partial charge in [-0.15, -0.1) is 0 Å². The molecule has 3 nitrogen and oxygen atoms in total. The number of hydrogen-bond acceptors (Lipinski definition) is 3. The minimum Gasteiger partial charge on any atom is -0.328 e. The summed E-state index contributed by atoms with van der Waals surface area (Å²) in [6.07, 6.45) is 2.10. The molecule has 1 aliphatic rings. The van der Waals surface area contributed by atoms with Gasteiger partial charge < -0.3 is 5.73 Å². The third-order valence-corrected chi connectivity index (χ3v) is 1.57. The first-order valence-corrected chi connectivity index (χ1v) is 3.04. The number of hydrogen-bond donors (Lipinski definition) is 2. The molecule has 48 valence electrons. The van der Waals surface area contributed by atoms with Crippen LogP contribution in [0.5, 0.6) is 0 Å². The highest BCUT2D eigenvalue weighted by molar-refractivity contribution is 4.69. The van der Waals surface area contributed by atoms with Crippen molar-refractivity contribution in [2.24, 2.45) is 11.6 Å². The van der Waals surface area contributed by atoms with E-state index in [0.29, 0.717) is 6.04 Å². The summed E-state index contributed by atoms with van der Waals surface area (Å²) in [4.78, 5) is 0. The van der Waals surface area contributed by atoms with E-state index in [9.17, 15) is 0 Å². The monoisotopic (exact) mass is 115 g/mol. The first-order chi connectivity index (χ1) is 3.79. The van der Waals surface area contributed by atoms with Crippen LogP contribution in [0.15, 0.2) is 0 Å². The average molecular weight is 115 g/mol. The molecule has 1 aliphatic heterocycles. The third-order valence-electron chi connectivity index (χ3n) is 1.57. The highest BCUT2D eigenvalue weighted by Crippen LogP contribution is 2.02. The lowest BCUT2D eigenvalue weighted by molar-refractivity contribution is 0.218. The predicted molar refractivity (Wildman–Crippen MR) is 33.0 cm³/mol. The van der Waals surface area contributed by atoms with Gasteiger partial charge in [-0.25, -0.2) is 5.01 Å². The Morgan fingerprint density at radius 2 is 1.75 bits per heavy atom. The van der Waals surface area contributed by atoms with E-state index in [4.69, 9.17) is 11.6 Å². The smallest absolute Gasteiger partial charge is 0.0143 e. The standard InChI is InChI=1S/C5H13N3/c6-5-1-3-8(7)4-2-5/h5H,1-4,6-7H2. The summed E-state index contributed by atoms with van der Waals surface area (Å²) in [6, 6.07) is 0.398. The summed E-state index contributed by atoms with van der Waals surface area (Å²) < 4.78 is 0. The van der Waals surface area contributed by atoms with Crippen molar-refractivity contribution >= 4 is 0 Å². The molecular weight excluding hydrogens is 102 g/mol. The molecule has 1 heterocycles. The molecule has 0 bridgehead atoms. The van der Waals surface area contributed by atoms with Crippen molar-refractivity contribution in [1.29, 1.82) is 0 Å². The molecule has 0 saturated carbocycles. The molecule has 0 atom stereocenters. The molecular formula is C5H13N3. The quantitative estimate of drug-likeness (QED) is 0.410. The predicted octanol–water partition coefficient (Wildman–Crippen LogP) is -0.717. The van der Waals surface area contributed by atoms with Crippen LogP contribution in [0, 0.1) is 0 Å². The van der Waals surface area contributed by atoms with Crippen LogP contribution in [0.4, 0.5) is 0 Å². The van der Waals surface area contributed by atoms with Crippen LogP contribution in [0.3, 0.4) is 0 Å². The average Bonchev–Trinajstić information content (AvgIpc) is 1.77. The zero-order chi connectivity index (χ0) is 5.98. The van der Waals surface area contributed by atoms with Crippen molar-refractivity contribution < 1.29 is 0 Å². The summed E-state index contributed by atoms with van der Waals surface area (Å²) in [7, 11) is 0. The van der Waals surface area contributed by atoms with Gasteiger partial charge in [0.15, 0.2) is 0 Å². The van der Waals surface area contributed by atoms with Crippen molar-refractivity contribution in [2.45, 2.75) is 18.9 Å². The molecule has 0 aromatic rings. The Kier molecular flexibility index (Phi) is 1.83. The van der Waals surface area contributed by atoms with E-state index >= 15 is 0 Å². The second-order valence-electron chi connectivity index (χ2n) is 2.37. The summed E-state index contributed by atoms with van der Waals surface area (Å²) in [5, 5.41) is 1.82. The molecule has 0 aromatic carbocycles. The normalized spacial score (nSPS) is 26.2. The van der Waals surface area contributed by atoms with E-state index in [1.807, 2.05) is 5.01 Å². The lowest BCUT2D eigenvalue weighted by Gasteiger charge is -2.25. The summed E-state index contributed by atoms with van der Waals surface area (Å²) >= 11 is 0. The van der Waals surface area contributed by atoms with Crippen LogP contribution in [0.1, 0.15) is 12.8 Å². The highest BCUT2D eigenvalue weighted by atomic mass is 15.4. The van der Waals surface area contributed by atoms with E-state index in [0.717, 1.165) is 25.9 Å². The summed E-state index contributed by atoms with van der Waals surface area (Å²) in [5.41, 5.74) is 5.61. The number of nitrogens with two attached hydrogens (primary N) is 2. The van der Waals surface area contributed by atoms with Crippen LogP contribution in [-0.2, 0) is 0 Å². The summed E-state index contributed by atoms with van der Waals surface area (Å²) in [5.74, 6) is 5.47. The number of hydrazine groups is 1. The van der Waals surface area contributed by atoms with Crippen LogP contribution < -0.4 is 11.6 Å². The molecule has 4 N–H and O–H groups in total. The molecule has 3 heteroatoms. The maximum atomic E-state index is 5.61. The van der Waals surface area contributed by atoms with Gasteiger partial charge in [0.1, 0.15) is 0 Å². The molecule has 1 rings (SSSR count). The molecule has 1 saturated heterocycles. The van der Waals surface area contributed by atoms with Crippen LogP contribution in [0.25, 0.3) is 0 Å². The van der Waals surface area contributed by atoms with E-state index < -0.39 is 0 Å². The Morgan fingerprint density at radius 1 is 1.25 bits per heavy atom. The largest absolute Gasteiger partial charge is 0.328 e. The Bertz CT molecular complexity index is 56.1. The van der Waals surface area contributed by atoms with Gasteiger partial charge in [-0.05, 0) is 12.8 Å². The van der Waals surface area contributed by atoms with Crippen LogP contribution in [-0.4, -0.2) is 24.1 Å². The fourth-order valence-corrected chi connectivity index (χ4v) is 0.919. The van der Waals surface area contributed by atoms with Gasteiger partial charge >= 0.3 is 0 Å². The molecule has 0 unspecified atom stereocenters. The SMILES string of the molecule is NC1CCN(N)CC1. The van der Waals surface area contributed by atoms with Gasteiger partial charge in [-0.2, -0.15) is 0 Å². The zero-order valence-electron chi connectivity index (χ0n) is 5.01. The van der Waals surface area contributed by atoms with Crippen LogP contribution >= 0.6 is 0 Å². The third kappa shape index (κ3) is 1.43. The van der Waals surface area contributed by atoms with Crippen LogP contribution in [0.2, 0.25) is 0 Å². The van der Waals surface area contributed by atoms with Gasteiger partial charge in [-0.3, -0.25) is 5.84 Å². The number of piperidine rings is 1. The van der Waals surface area contributed by atoms with Crippen molar-refractivity contribution in [3.05, 3.63) is 0 Å². The van der Waals surface area contributed by atoms with Crippen molar-refractivity contribution in [2.75, 3.05) is 13.1 Å². The molecule has 0 radical (unpaired) electrons. The molecule has 0 amide bonds. The minimum atomic E-state index is 0.398. The van der Waals surface area contributed by atoms with Gasteiger partial charge in [-0.1, -0.05) is 0 Å². The minimum absolute atomic E-state index is 0.398. The Hall–Kier alpha value is -0.120. The van der Waals surface area contributed by atoms with Gasteiger partial charge in [0.05, 0.1) is 0 Å². The van der Waals surface area contributed by atoms with E-state index in [-0.39, 0.29) is 0 Å². The molecule has 1 fully saturated rings. The number of nitrogens with zero attached hydrogens (tertiary/aromatic N) is 1. The van der Waals surface area contributed by atoms with Crippen molar-refractivity contribution in [3.63, 3.8) is 0 Å². The second kappa shape index (κ2) is 2.44.